The lowest BCUT2D eigenvalue weighted by Gasteiger charge is -2.22. The number of benzene rings is 1. The highest BCUT2D eigenvalue weighted by Gasteiger charge is 2.27. The van der Waals surface area contributed by atoms with Crippen molar-refractivity contribution in [1.29, 1.82) is 0 Å². The number of carboxylic acid groups (broad SMARTS) is 1. The topological polar surface area (TPSA) is 108 Å². The normalized spacial score (nSPS) is 13.2. The van der Waals surface area contributed by atoms with Gasteiger partial charge in [0, 0.05) is 24.4 Å². The third-order valence-corrected chi connectivity index (χ3v) is 4.09. The molecular formula is C20H25N3O4. The SMILES string of the molecule is CC(=O)N[C@@H](CC(C)C)C(=O)N[C@H](Cc1ccc2ccccc2n1)C(=O)O. The Hall–Kier alpha value is -2.96. The van der Waals surface area contributed by atoms with Crippen molar-refractivity contribution >= 4 is 28.7 Å². The summed E-state index contributed by atoms with van der Waals surface area (Å²) < 4.78 is 0. The maximum Gasteiger partial charge on any atom is 0.326 e. The van der Waals surface area contributed by atoms with Crippen LogP contribution in [0.4, 0.5) is 0 Å². The van der Waals surface area contributed by atoms with Crippen molar-refractivity contribution in [2.24, 2.45) is 5.92 Å². The molecule has 3 N–H and O–H groups in total. The van der Waals surface area contributed by atoms with Gasteiger partial charge in [0.1, 0.15) is 12.1 Å². The molecule has 0 aliphatic heterocycles. The number of para-hydroxylation sites is 1. The van der Waals surface area contributed by atoms with E-state index in [0.29, 0.717) is 12.1 Å². The molecule has 0 fully saturated rings. The number of carbonyl (C=O) groups excluding carboxylic acids is 2. The Morgan fingerprint density at radius 3 is 2.37 bits per heavy atom. The van der Waals surface area contributed by atoms with Gasteiger partial charge in [0.25, 0.3) is 0 Å². The van der Waals surface area contributed by atoms with Gasteiger partial charge in [-0.2, -0.15) is 0 Å². The molecule has 7 nitrogen and oxygen atoms in total. The minimum absolute atomic E-state index is 0.0559. The van der Waals surface area contributed by atoms with Gasteiger partial charge >= 0.3 is 5.97 Å². The van der Waals surface area contributed by atoms with Crippen LogP contribution in [0.3, 0.4) is 0 Å². The zero-order valence-corrected chi connectivity index (χ0v) is 15.7. The second-order valence-electron chi connectivity index (χ2n) is 6.98. The van der Waals surface area contributed by atoms with Crippen molar-refractivity contribution in [1.82, 2.24) is 15.6 Å². The van der Waals surface area contributed by atoms with E-state index in [-0.39, 0.29) is 18.2 Å². The predicted octanol–water partition coefficient (Wildman–Crippen LogP) is 1.90. The molecule has 0 radical (unpaired) electrons. The average molecular weight is 371 g/mol. The lowest BCUT2D eigenvalue weighted by atomic mass is 10.0. The van der Waals surface area contributed by atoms with Crippen molar-refractivity contribution in [3.05, 3.63) is 42.1 Å². The van der Waals surface area contributed by atoms with Crippen molar-refractivity contribution < 1.29 is 19.5 Å². The van der Waals surface area contributed by atoms with Gasteiger partial charge in [-0.05, 0) is 24.5 Å². The second kappa shape index (κ2) is 9.12. The highest BCUT2D eigenvalue weighted by Crippen LogP contribution is 2.13. The zero-order chi connectivity index (χ0) is 20.0. The molecule has 2 rings (SSSR count). The summed E-state index contributed by atoms with van der Waals surface area (Å²) in [5.41, 5.74) is 1.34. The number of carbonyl (C=O) groups is 3. The molecule has 0 saturated carbocycles. The summed E-state index contributed by atoms with van der Waals surface area (Å²) in [7, 11) is 0. The van der Waals surface area contributed by atoms with Crippen molar-refractivity contribution in [2.45, 2.75) is 45.7 Å². The quantitative estimate of drug-likeness (QED) is 0.657. The molecule has 144 valence electrons. The van der Waals surface area contributed by atoms with E-state index in [1.807, 2.05) is 44.2 Å². The molecule has 0 spiro atoms. The van der Waals surface area contributed by atoms with E-state index < -0.39 is 24.0 Å². The number of carboxylic acids is 1. The number of hydrogen-bond donors (Lipinski definition) is 3. The molecule has 2 atom stereocenters. The lowest BCUT2D eigenvalue weighted by molar-refractivity contribution is -0.142. The third-order valence-electron chi connectivity index (χ3n) is 4.09. The van der Waals surface area contributed by atoms with E-state index in [0.717, 1.165) is 10.9 Å². The van der Waals surface area contributed by atoms with E-state index in [1.165, 1.54) is 6.92 Å². The van der Waals surface area contributed by atoms with Crippen LogP contribution >= 0.6 is 0 Å². The van der Waals surface area contributed by atoms with E-state index >= 15 is 0 Å². The van der Waals surface area contributed by atoms with Crippen LogP contribution in [-0.4, -0.2) is 40.0 Å². The van der Waals surface area contributed by atoms with Crippen LogP contribution in [0.2, 0.25) is 0 Å². The summed E-state index contributed by atoms with van der Waals surface area (Å²) in [5.74, 6) is -1.83. The summed E-state index contributed by atoms with van der Waals surface area (Å²) in [6.07, 6.45) is 0.479. The van der Waals surface area contributed by atoms with Gasteiger partial charge in [0.2, 0.25) is 11.8 Å². The molecule has 1 heterocycles. The second-order valence-corrected chi connectivity index (χ2v) is 6.98. The third kappa shape index (κ3) is 6.06. The van der Waals surface area contributed by atoms with Crippen molar-refractivity contribution in [3.63, 3.8) is 0 Å². The van der Waals surface area contributed by atoms with Gasteiger partial charge in [0.05, 0.1) is 5.52 Å². The summed E-state index contributed by atoms with van der Waals surface area (Å²) in [6, 6.07) is 9.26. The number of aromatic nitrogens is 1. The molecular weight excluding hydrogens is 346 g/mol. The van der Waals surface area contributed by atoms with Crippen LogP contribution in [0.15, 0.2) is 36.4 Å². The highest BCUT2D eigenvalue weighted by molar-refractivity contribution is 5.90. The number of fused-ring (bicyclic) bond motifs is 1. The van der Waals surface area contributed by atoms with Gasteiger partial charge in [-0.25, -0.2) is 4.79 Å². The van der Waals surface area contributed by atoms with Crippen LogP contribution in [0.1, 0.15) is 32.9 Å². The standard InChI is InChI=1S/C20H25N3O4/c1-12(2)10-17(21-13(3)24)19(25)23-18(20(26)27)11-15-9-8-14-6-4-5-7-16(14)22-15/h4-9,12,17-18H,10-11H2,1-3H3,(H,21,24)(H,23,25)(H,26,27)/t17-,18+/m0/s1. The van der Waals surface area contributed by atoms with Crippen LogP contribution in [-0.2, 0) is 20.8 Å². The Balaban J connectivity index is 2.14. The predicted molar refractivity (Wildman–Crippen MR) is 102 cm³/mol. The Morgan fingerprint density at radius 2 is 1.74 bits per heavy atom. The number of pyridine rings is 1. The number of aliphatic carboxylic acids is 1. The molecule has 2 amide bonds. The van der Waals surface area contributed by atoms with Gasteiger partial charge in [-0.1, -0.05) is 38.1 Å². The first-order valence-electron chi connectivity index (χ1n) is 8.91. The van der Waals surface area contributed by atoms with E-state index in [1.54, 1.807) is 6.07 Å². The summed E-state index contributed by atoms with van der Waals surface area (Å²) >= 11 is 0. The molecule has 0 aliphatic rings. The van der Waals surface area contributed by atoms with Crippen LogP contribution < -0.4 is 10.6 Å². The zero-order valence-electron chi connectivity index (χ0n) is 15.7. The molecule has 2 aromatic rings. The Labute approximate surface area is 158 Å². The van der Waals surface area contributed by atoms with E-state index in [9.17, 15) is 19.5 Å². The fourth-order valence-corrected chi connectivity index (χ4v) is 2.85. The van der Waals surface area contributed by atoms with E-state index in [2.05, 4.69) is 15.6 Å². The van der Waals surface area contributed by atoms with Gasteiger partial charge in [0.15, 0.2) is 0 Å². The van der Waals surface area contributed by atoms with Crippen LogP contribution in [0.5, 0.6) is 0 Å². The molecule has 7 heteroatoms. The summed E-state index contributed by atoms with van der Waals surface area (Å²) in [4.78, 5) is 40.0. The fourth-order valence-electron chi connectivity index (χ4n) is 2.85. The number of rotatable bonds is 8. The first-order chi connectivity index (χ1) is 12.8. The monoisotopic (exact) mass is 371 g/mol. The molecule has 0 aliphatic carbocycles. The van der Waals surface area contributed by atoms with E-state index in [4.69, 9.17) is 0 Å². The van der Waals surface area contributed by atoms with Gasteiger partial charge < -0.3 is 15.7 Å². The number of nitrogens with one attached hydrogen (secondary N) is 2. The molecule has 1 aromatic carbocycles. The minimum Gasteiger partial charge on any atom is -0.480 e. The van der Waals surface area contributed by atoms with Crippen LogP contribution in [0, 0.1) is 5.92 Å². The molecule has 0 unspecified atom stereocenters. The number of amides is 2. The summed E-state index contributed by atoms with van der Waals surface area (Å²) in [6.45, 7) is 5.18. The Bertz CT molecular complexity index is 835. The number of hydrogen-bond acceptors (Lipinski definition) is 4. The molecule has 0 saturated heterocycles. The molecule has 27 heavy (non-hydrogen) atoms. The lowest BCUT2D eigenvalue weighted by Crippen LogP contribution is -2.52. The smallest absolute Gasteiger partial charge is 0.326 e. The Morgan fingerprint density at radius 1 is 1.04 bits per heavy atom. The molecule has 1 aromatic heterocycles. The van der Waals surface area contributed by atoms with Crippen LogP contribution in [0.25, 0.3) is 10.9 Å². The van der Waals surface area contributed by atoms with Crippen molar-refractivity contribution in [2.75, 3.05) is 0 Å². The summed E-state index contributed by atoms with van der Waals surface area (Å²) in [5, 5.41) is 15.6. The first-order valence-corrected chi connectivity index (χ1v) is 8.91. The fraction of sp³-hybridized carbons (Fsp3) is 0.400. The largest absolute Gasteiger partial charge is 0.480 e. The highest BCUT2D eigenvalue weighted by atomic mass is 16.4. The average Bonchev–Trinajstić information content (AvgIpc) is 2.59. The molecule has 0 bridgehead atoms. The maximum atomic E-state index is 12.5. The first kappa shape index (κ1) is 20.4. The number of nitrogens with zero attached hydrogens (tertiary/aromatic N) is 1. The van der Waals surface area contributed by atoms with Gasteiger partial charge in [-0.15, -0.1) is 0 Å². The maximum absolute atomic E-state index is 12.5. The minimum atomic E-state index is -1.15. The Kier molecular flexibility index (Phi) is 6.87. The van der Waals surface area contributed by atoms with Crippen molar-refractivity contribution in [3.8, 4) is 0 Å². The van der Waals surface area contributed by atoms with Gasteiger partial charge in [-0.3, -0.25) is 14.6 Å².